The molecule has 5 nitrogen and oxygen atoms in total. The molecule has 0 aromatic heterocycles. The van der Waals surface area contributed by atoms with Gasteiger partial charge in [0.15, 0.2) is 0 Å². The maximum Gasteiger partial charge on any atom is 0.336 e. The fraction of sp³-hybridized carbons (Fsp3) is 0.476. The molecule has 0 spiro atoms. The van der Waals surface area contributed by atoms with Gasteiger partial charge in [0.25, 0.3) is 0 Å². The lowest BCUT2D eigenvalue weighted by Crippen LogP contribution is -2.44. The molecule has 1 aliphatic heterocycles. The summed E-state index contributed by atoms with van der Waals surface area (Å²) in [5.41, 5.74) is 1.86. The maximum atomic E-state index is 13.1. The lowest BCUT2D eigenvalue weighted by Gasteiger charge is -2.41. The van der Waals surface area contributed by atoms with Crippen molar-refractivity contribution in [3.8, 4) is 5.75 Å². The van der Waals surface area contributed by atoms with Gasteiger partial charge in [-0.15, -0.1) is 0 Å². The Morgan fingerprint density at radius 3 is 2.70 bits per heavy atom. The number of allylic oxidation sites excluding steroid dienone is 1. The van der Waals surface area contributed by atoms with Gasteiger partial charge in [0.05, 0.1) is 18.1 Å². The van der Waals surface area contributed by atoms with Crippen LogP contribution in [0.25, 0.3) is 0 Å². The van der Waals surface area contributed by atoms with Crippen molar-refractivity contribution in [2.45, 2.75) is 46.5 Å². The number of ketones is 1. The van der Waals surface area contributed by atoms with Crippen molar-refractivity contribution in [2.24, 2.45) is 16.3 Å². The van der Waals surface area contributed by atoms with Crippen molar-refractivity contribution in [1.29, 1.82) is 0 Å². The van der Waals surface area contributed by atoms with Crippen molar-refractivity contribution in [3.05, 3.63) is 40.1 Å². The summed E-state index contributed by atoms with van der Waals surface area (Å²) in [6.07, 6.45) is 1.05. The summed E-state index contributed by atoms with van der Waals surface area (Å²) < 4.78 is 5.24. The zero-order valence-electron chi connectivity index (χ0n) is 16.0. The van der Waals surface area contributed by atoms with Crippen molar-refractivity contribution in [1.82, 2.24) is 0 Å². The first kappa shape index (κ1) is 19.6. The van der Waals surface area contributed by atoms with E-state index in [1.54, 1.807) is 26.0 Å². The number of rotatable bonds is 3. The van der Waals surface area contributed by atoms with Crippen LogP contribution >= 0.6 is 11.6 Å². The number of Topliss-reactive ketones (excluding diaryl/α,β-unsaturated/α-hetero) is 1. The molecule has 27 heavy (non-hydrogen) atoms. The molecule has 0 bridgehead atoms. The molecular formula is C21H24ClNO4. The number of phenolic OH excluding ortho intramolecular Hbond substituents is 1. The Hall–Kier alpha value is -2.14. The first-order valence-electron chi connectivity index (χ1n) is 9.11. The highest BCUT2D eigenvalue weighted by molar-refractivity contribution is 6.30. The summed E-state index contributed by atoms with van der Waals surface area (Å²) >= 11 is 6.16. The predicted molar refractivity (Wildman–Crippen MR) is 104 cm³/mol. The Bertz CT molecular complexity index is 869. The van der Waals surface area contributed by atoms with Crippen molar-refractivity contribution < 1.29 is 19.4 Å². The molecule has 3 rings (SSSR count). The smallest absolute Gasteiger partial charge is 0.336 e. The molecule has 1 aromatic carbocycles. The van der Waals surface area contributed by atoms with Gasteiger partial charge in [-0.3, -0.25) is 9.79 Å². The number of aliphatic imine (C=N–C) groups is 1. The molecule has 1 fully saturated rings. The van der Waals surface area contributed by atoms with Crippen LogP contribution in [-0.2, 0) is 14.3 Å². The number of halogens is 1. The Balaban J connectivity index is 2.22. The molecule has 2 aliphatic rings. The summed E-state index contributed by atoms with van der Waals surface area (Å²) in [5.74, 6) is -1.74. The van der Waals surface area contributed by atoms with E-state index in [-0.39, 0.29) is 23.6 Å². The third kappa shape index (κ3) is 3.65. The van der Waals surface area contributed by atoms with Crippen molar-refractivity contribution in [3.63, 3.8) is 0 Å². The molecule has 6 heteroatoms. The van der Waals surface area contributed by atoms with E-state index in [0.717, 1.165) is 5.71 Å². The van der Waals surface area contributed by atoms with Gasteiger partial charge >= 0.3 is 5.97 Å². The van der Waals surface area contributed by atoms with Gasteiger partial charge in [-0.1, -0.05) is 25.4 Å². The minimum atomic E-state index is -0.654. The molecule has 1 aromatic rings. The standard InChI is InChI=1S/C21H24ClNO4/c1-5-27-20(26)17-11(2)23-14-9-21(3,4)10-16(25)19(14)18(17)13-8-12(22)6-7-15(13)24/h6-8,18-19,24H,5,9-10H2,1-4H3/t18-,19-/m1/s1. The Morgan fingerprint density at radius 2 is 2.04 bits per heavy atom. The second-order valence-corrected chi connectivity index (χ2v) is 8.40. The van der Waals surface area contributed by atoms with Crippen LogP contribution < -0.4 is 0 Å². The maximum absolute atomic E-state index is 13.1. The SMILES string of the molecule is CCOC(=O)C1=C(C)N=C2CC(C)(C)CC(=O)[C@@H]2[C@@H]1c1cc(Cl)ccc1O. The molecule has 0 unspecified atom stereocenters. The Morgan fingerprint density at radius 1 is 1.33 bits per heavy atom. The molecule has 1 N–H and O–H groups in total. The van der Waals surface area contributed by atoms with Gasteiger partial charge in [-0.25, -0.2) is 4.79 Å². The largest absolute Gasteiger partial charge is 0.508 e. The molecule has 1 heterocycles. The van der Waals surface area contributed by atoms with Crippen LogP contribution in [-0.4, -0.2) is 29.2 Å². The van der Waals surface area contributed by atoms with E-state index in [2.05, 4.69) is 4.99 Å². The van der Waals surface area contributed by atoms with Gasteiger partial charge in [0.2, 0.25) is 0 Å². The number of ether oxygens (including phenoxy) is 1. The number of nitrogens with zero attached hydrogens (tertiary/aromatic N) is 1. The highest BCUT2D eigenvalue weighted by Crippen LogP contribution is 2.49. The zero-order valence-corrected chi connectivity index (χ0v) is 16.8. The third-order valence-corrected chi connectivity index (χ3v) is 5.42. The Kier molecular flexibility index (Phi) is 5.17. The lowest BCUT2D eigenvalue weighted by molar-refractivity contribution is -0.139. The van der Waals surface area contributed by atoms with Gasteiger partial charge in [-0.05, 0) is 43.9 Å². The first-order chi connectivity index (χ1) is 12.6. The van der Waals surface area contributed by atoms with Crippen LogP contribution in [0.2, 0.25) is 5.02 Å². The molecule has 144 valence electrons. The molecule has 0 saturated heterocycles. The quantitative estimate of drug-likeness (QED) is 0.776. The minimum absolute atomic E-state index is 0.00196. The number of hydrogen-bond donors (Lipinski definition) is 1. The van der Waals surface area contributed by atoms with E-state index in [1.807, 2.05) is 13.8 Å². The summed E-state index contributed by atoms with van der Waals surface area (Å²) in [4.78, 5) is 30.4. The van der Waals surface area contributed by atoms with Crippen molar-refractivity contribution in [2.75, 3.05) is 6.61 Å². The number of benzene rings is 1. The van der Waals surface area contributed by atoms with E-state index >= 15 is 0 Å². The molecule has 2 atom stereocenters. The third-order valence-electron chi connectivity index (χ3n) is 5.18. The lowest BCUT2D eigenvalue weighted by atomic mass is 9.63. The van der Waals surface area contributed by atoms with Crippen LogP contribution in [0.15, 0.2) is 34.5 Å². The number of hydrogen-bond acceptors (Lipinski definition) is 5. The van der Waals surface area contributed by atoms with E-state index in [9.17, 15) is 14.7 Å². The van der Waals surface area contributed by atoms with Crippen LogP contribution in [0.5, 0.6) is 5.75 Å². The summed E-state index contributed by atoms with van der Waals surface area (Å²) in [5, 5.41) is 10.9. The average Bonchev–Trinajstić information content (AvgIpc) is 2.54. The first-order valence-corrected chi connectivity index (χ1v) is 9.49. The molecule has 1 aliphatic carbocycles. The highest BCUT2D eigenvalue weighted by Gasteiger charge is 2.48. The summed E-state index contributed by atoms with van der Waals surface area (Å²) in [6, 6.07) is 4.67. The van der Waals surface area contributed by atoms with Crippen molar-refractivity contribution >= 4 is 29.1 Å². The van der Waals surface area contributed by atoms with E-state index in [1.165, 1.54) is 6.07 Å². The van der Waals surface area contributed by atoms with Gasteiger partial charge in [-0.2, -0.15) is 0 Å². The number of fused-ring (bicyclic) bond motifs is 1. The fourth-order valence-corrected chi connectivity index (χ4v) is 4.36. The molecule has 1 saturated carbocycles. The topological polar surface area (TPSA) is 76.0 Å². The number of phenols is 1. The van der Waals surface area contributed by atoms with Crippen LogP contribution in [0, 0.1) is 11.3 Å². The number of aromatic hydroxyl groups is 1. The number of carbonyl (C=O) groups excluding carboxylic acids is 2. The zero-order chi connectivity index (χ0) is 19.9. The number of esters is 1. The van der Waals surface area contributed by atoms with Gasteiger partial charge in [0, 0.05) is 34.3 Å². The second-order valence-electron chi connectivity index (χ2n) is 7.97. The van der Waals surface area contributed by atoms with Gasteiger partial charge < -0.3 is 9.84 Å². The van der Waals surface area contributed by atoms with Crippen LogP contribution in [0.3, 0.4) is 0 Å². The highest BCUT2D eigenvalue weighted by atomic mass is 35.5. The number of carbonyl (C=O) groups is 2. The normalized spacial score (nSPS) is 24.3. The Labute approximate surface area is 164 Å². The molecular weight excluding hydrogens is 366 g/mol. The summed E-state index contributed by atoms with van der Waals surface area (Å²) in [7, 11) is 0. The monoisotopic (exact) mass is 389 g/mol. The average molecular weight is 390 g/mol. The van der Waals surface area contributed by atoms with Gasteiger partial charge in [0.1, 0.15) is 11.5 Å². The second kappa shape index (κ2) is 7.12. The molecule has 0 amide bonds. The summed E-state index contributed by atoms with van der Waals surface area (Å²) in [6.45, 7) is 7.76. The van der Waals surface area contributed by atoms with E-state index < -0.39 is 17.8 Å². The van der Waals surface area contributed by atoms with Crippen LogP contribution in [0.4, 0.5) is 0 Å². The predicted octanol–water partition coefficient (Wildman–Crippen LogP) is 4.43. The van der Waals surface area contributed by atoms with E-state index in [4.69, 9.17) is 16.3 Å². The fourth-order valence-electron chi connectivity index (χ4n) is 4.18. The van der Waals surface area contributed by atoms with E-state index in [0.29, 0.717) is 34.7 Å². The molecule has 0 radical (unpaired) electrons. The minimum Gasteiger partial charge on any atom is -0.508 e. The van der Waals surface area contributed by atoms with Crippen LogP contribution in [0.1, 0.15) is 52.0 Å².